The average Bonchev–Trinajstić information content (AvgIpc) is 2.34. The van der Waals surface area contributed by atoms with Crippen molar-refractivity contribution >= 4 is 17.7 Å². The Morgan fingerprint density at radius 3 is 2.83 bits per heavy atom. The highest BCUT2D eigenvalue weighted by Crippen LogP contribution is 2.17. The van der Waals surface area contributed by atoms with Gasteiger partial charge in [-0.05, 0) is 12.1 Å². The van der Waals surface area contributed by atoms with E-state index < -0.39 is 12.6 Å². The highest BCUT2D eigenvalue weighted by atomic mass is 16.5. The van der Waals surface area contributed by atoms with E-state index >= 15 is 0 Å². The number of benzene rings is 1. The number of urea groups is 1. The van der Waals surface area contributed by atoms with Gasteiger partial charge in [0, 0.05) is 24.8 Å². The van der Waals surface area contributed by atoms with E-state index in [-0.39, 0.29) is 6.03 Å². The lowest BCUT2D eigenvalue weighted by molar-refractivity contribution is -0.139. The largest absolute Gasteiger partial charge is 0.482 e. The van der Waals surface area contributed by atoms with Gasteiger partial charge in [0.05, 0.1) is 0 Å². The number of amides is 2. The van der Waals surface area contributed by atoms with Crippen LogP contribution in [0.3, 0.4) is 0 Å². The van der Waals surface area contributed by atoms with Gasteiger partial charge in [0.1, 0.15) is 5.75 Å². The molecule has 18 heavy (non-hydrogen) atoms. The van der Waals surface area contributed by atoms with E-state index in [0.717, 1.165) is 0 Å². The number of carbonyl (C=O) groups excluding carboxylic acids is 1. The van der Waals surface area contributed by atoms with E-state index in [2.05, 4.69) is 10.6 Å². The van der Waals surface area contributed by atoms with Crippen LogP contribution in [-0.4, -0.2) is 36.8 Å². The number of ether oxygens (including phenoxy) is 1. The quantitative estimate of drug-likeness (QED) is 0.579. The highest BCUT2D eigenvalue weighted by Gasteiger charge is 2.03. The van der Waals surface area contributed by atoms with Crippen LogP contribution in [0.25, 0.3) is 0 Å². The van der Waals surface area contributed by atoms with Crippen molar-refractivity contribution in [2.75, 3.05) is 25.0 Å². The summed E-state index contributed by atoms with van der Waals surface area (Å²) in [7, 11) is 0. The van der Waals surface area contributed by atoms with Crippen LogP contribution in [0.4, 0.5) is 10.5 Å². The predicted molar refractivity (Wildman–Crippen MR) is 65.6 cm³/mol. The Bertz CT molecular complexity index is 423. The molecule has 0 unspecified atom stereocenters. The molecule has 2 amide bonds. The summed E-state index contributed by atoms with van der Waals surface area (Å²) in [5, 5.41) is 13.6. The molecule has 7 nitrogen and oxygen atoms in total. The monoisotopic (exact) mass is 253 g/mol. The second-order valence-electron chi connectivity index (χ2n) is 3.38. The van der Waals surface area contributed by atoms with Crippen molar-refractivity contribution in [2.45, 2.75) is 0 Å². The molecule has 0 aromatic heterocycles. The number of aliphatic carboxylic acids is 1. The summed E-state index contributed by atoms with van der Waals surface area (Å²) < 4.78 is 4.98. The molecule has 1 rings (SSSR count). The van der Waals surface area contributed by atoms with Crippen LogP contribution in [-0.2, 0) is 4.79 Å². The smallest absolute Gasteiger partial charge is 0.341 e. The second kappa shape index (κ2) is 7.13. The van der Waals surface area contributed by atoms with Crippen LogP contribution >= 0.6 is 0 Å². The van der Waals surface area contributed by atoms with E-state index in [4.69, 9.17) is 15.6 Å². The Hall–Kier alpha value is -2.28. The Kier molecular flexibility index (Phi) is 5.46. The van der Waals surface area contributed by atoms with Gasteiger partial charge >= 0.3 is 12.0 Å². The molecule has 98 valence electrons. The molecule has 0 spiro atoms. The summed E-state index contributed by atoms with van der Waals surface area (Å²) >= 11 is 0. The number of nitrogens with one attached hydrogen (secondary N) is 2. The summed E-state index contributed by atoms with van der Waals surface area (Å²) in [6.45, 7) is 0.305. The lowest BCUT2D eigenvalue weighted by Gasteiger charge is -2.08. The molecule has 0 radical (unpaired) electrons. The first kappa shape index (κ1) is 13.8. The van der Waals surface area contributed by atoms with Crippen molar-refractivity contribution < 1.29 is 19.4 Å². The fourth-order valence-corrected chi connectivity index (χ4v) is 1.17. The summed E-state index contributed by atoms with van der Waals surface area (Å²) in [6, 6.07) is 6.07. The molecule has 1 aromatic carbocycles. The summed E-state index contributed by atoms with van der Waals surface area (Å²) in [5.41, 5.74) is 5.75. The third-order valence-corrected chi connectivity index (χ3v) is 1.88. The summed E-state index contributed by atoms with van der Waals surface area (Å²) in [6.07, 6.45) is 0. The van der Waals surface area contributed by atoms with E-state index in [1.165, 1.54) is 6.07 Å². The van der Waals surface area contributed by atoms with Gasteiger partial charge in [-0.25, -0.2) is 9.59 Å². The summed E-state index contributed by atoms with van der Waals surface area (Å²) in [5.74, 6) is -0.692. The molecule has 1 aromatic rings. The zero-order valence-corrected chi connectivity index (χ0v) is 9.68. The standard InChI is InChI=1S/C11H15N3O4/c12-4-5-13-11(17)14-8-2-1-3-9(6-8)18-7-10(15)16/h1-3,6H,4-5,7,12H2,(H,15,16)(H2,13,14,17). The SMILES string of the molecule is NCCNC(=O)Nc1cccc(OCC(=O)O)c1. The number of rotatable bonds is 6. The minimum absolute atomic E-state index is 0.356. The maximum atomic E-state index is 11.3. The molecule has 5 N–H and O–H groups in total. The molecule has 7 heteroatoms. The minimum atomic E-state index is -1.06. The number of carbonyl (C=O) groups is 2. The van der Waals surface area contributed by atoms with E-state index in [0.29, 0.717) is 24.5 Å². The van der Waals surface area contributed by atoms with Gasteiger partial charge in [0.2, 0.25) is 0 Å². The number of carboxylic acid groups (broad SMARTS) is 1. The normalized spacial score (nSPS) is 9.61. The van der Waals surface area contributed by atoms with Crippen molar-refractivity contribution in [3.63, 3.8) is 0 Å². The number of hydrogen-bond acceptors (Lipinski definition) is 4. The van der Waals surface area contributed by atoms with Gasteiger partial charge in [-0.3, -0.25) is 0 Å². The Balaban J connectivity index is 2.53. The third kappa shape index (κ3) is 5.17. The number of hydrogen-bond donors (Lipinski definition) is 4. The van der Waals surface area contributed by atoms with Gasteiger partial charge in [-0.1, -0.05) is 6.07 Å². The van der Waals surface area contributed by atoms with Crippen molar-refractivity contribution in [3.8, 4) is 5.75 Å². The maximum Gasteiger partial charge on any atom is 0.341 e. The summed E-state index contributed by atoms with van der Waals surface area (Å²) in [4.78, 5) is 21.7. The number of carboxylic acids is 1. The second-order valence-corrected chi connectivity index (χ2v) is 3.38. The molecule has 0 saturated heterocycles. The van der Waals surface area contributed by atoms with Crippen molar-refractivity contribution in [1.29, 1.82) is 0 Å². The van der Waals surface area contributed by atoms with Crippen LogP contribution in [0.2, 0.25) is 0 Å². The van der Waals surface area contributed by atoms with Gasteiger partial charge in [0.15, 0.2) is 6.61 Å². The lowest BCUT2D eigenvalue weighted by atomic mass is 10.3. The van der Waals surface area contributed by atoms with Crippen LogP contribution < -0.4 is 21.1 Å². The zero-order chi connectivity index (χ0) is 13.4. The first-order valence-electron chi connectivity index (χ1n) is 5.31. The van der Waals surface area contributed by atoms with Crippen molar-refractivity contribution in [2.24, 2.45) is 5.73 Å². The van der Waals surface area contributed by atoms with Gasteiger partial charge < -0.3 is 26.2 Å². The van der Waals surface area contributed by atoms with Crippen molar-refractivity contribution in [3.05, 3.63) is 24.3 Å². The third-order valence-electron chi connectivity index (χ3n) is 1.88. The van der Waals surface area contributed by atoms with E-state index in [9.17, 15) is 9.59 Å². The molecule has 0 bridgehead atoms. The Morgan fingerprint density at radius 2 is 2.17 bits per heavy atom. The van der Waals surface area contributed by atoms with Crippen LogP contribution in [0.5, 0.6) is 5.75 Å². The fourth-order valence-electron chi connectivity index (χ4n) is 1.17. The number of anilines is 1. The Morgan fingerprint density at radius 1 is 1.39 bits per heavy atom. The number of nitrogens with two attached hydrogens (primary N) is 1. The first-order chi connectivity index (χ1) is 8.61. The van der Waals surface area contributed by atoms with Crippen molar-refractivity contribution in [1.82, 2.24) is 5.32 Å². The fraction of sp³-hybridized carbons (Fsp3) is 0.273. The molecular formula is C11H15N3O4. The van der Waals surface area contributed by atoms with Gasteiger partial charge in [-0.15, -0.1) is 0 Å². The van der Waals surface area contributed by atoms with Crippen LogP contribution in [0.15, 0.2) is 24.3 Å². The average molecular weight is 253 g/mol. The molecule has 0 atom stereocenters. The van der Waals surface area contributed by atoms with Gasteiger partial charge in [-0.2, -0.15) is 0 Å². The molecule has 0 aliphatic carbocycles. The predicted octanol–water partition coefficient (Wildman–Crippen LogP) is 0.230. The highest BCUT2D eigenvalue weighted by molar-refractivity contribution is 5.89. The lowest BCUT2D eigenvalue weighted by Crippen LogP contribution is -2.32. The first-order valence-corrected chi connectivity index (χ1v) is 5.31. The van der Waals surface area contributed by atoms with Gasteiger partial charge in [0.25, 0.3) is 0 Å². The molecule has 0 fully saturated rings. The van der Waals surface area contributed by atoms with E-state index in [1.807, 2.05) is 0 Å². The molecule has 0 heterocycles. The maximum absolute atomic E-state index is 11.3. The molecule has 0 aliphatic heterocycles. The topological polar surface area (TPSA) is 114 Å². The molecular weight excluding hydrogens is 238 g/mol. The zero-order valence-electron chi connectivity index (χ0n) is 9.68. The van der Waals surface area contributed by atoms with E-state index in [1.54, 1.807) is 18.2 Å². The molecule has 0 saturated carbocycles. The van der Waals surface area contributed by atoms with Crippen LogP contribution in [0.1, 0.15) is 0 Å². The molecule has 0 aliphatic rings. The van der Waals surface area contributed by atoms with Crippen LogP contribution in [0, 0.1) is 0 Å². The Labute approximate surface area is 104 Å². The minimum Gasteiger partial charge on any atom is -0.482 e.